The Morgan fingerprint density at radius 2 is 1.88 bits per heavy atom. The van der Waals surface area contributed by atoms with E-state index in [0.717, 1.165) is 5.56 Å². The largest absolute Gasteiger partial charge is 0.435 e. The molecule has 1 N–H and O–H groups in total. The van der Waals surface area contributed by atoms with Crippen molar-refractivity contribution in [2.24, 2.45) is 0 Å². The van der Waals surface area contributed by atoms with Crippen molar-refractivity contribution < 1.29 is 18.0 Å². The minimum atomic E-state index is -4.67. The predicted molar refractivity (Wildman–Crippen MR) is 84.8 cm³/mol. The van der Waals surface area contributed by atoms with Crippen molar-refractivity contribution in [3.63, 3.8) is 0 Å². The number of carbonyl (C=O) groups is 1. The molecule has 0 bridgehead atoms. The number of carbonyl (C=O) groups excluding carboxylic acids is 1. The van der Waals surface area contributed by atoms with Crippen molar-refractivity contribution in [1.29, 1.82) is 0 Å². The number of aromatic nitrogens is 2. The molecular weight excluding hydrogens is 319 g/mol. The molecule has 7 heteroatoms. The van der Waals surface area contributed by atoms with Gasteiger partial charge in [0.2, 0.25) is 0 Å². The first kappa shape index (κ1) is 18.0. The van der Waals surface area contributed by atoms with E-state index >= 15 is 0 Å². The molecule has 0 radical (unpaired) electrons. The Morgan fingerprint density at radius 1 is 1.25 bits per heavy atom. The molecule has 1 aromatic carbocycles. The van der Waals surface area contributed by atoms with E-state index in [4.69, 9.17) is 0 Å². The van der Waals surface area contributed by atoms with E-state index in [1.54, 1.807) is 13.8 Å². The molecule has 130 valence electrons. The SMILES string of the molecule is Cc1c(C(=O)NCCc2ccccc2)c(C(F)(F)F)nn1C(C)C. The maximum absolute atomic E-state index is 13.2. The molecule has 4 nitrogen and oxygen atoms in total. The van der Waals surface area contributed by atoms with Crippen molar-refractivity contribution >= 4 is 5.91 Å². The van der Waals surface area contributed by atoms with Crippen LogP contribution in [-0.2, 0) is 12.6 Å². The molecule has 0 atom stereocenters. The van der Waals surface area contributed by atoms with Gasteiger partial charge in [0, 0.05) is 18.3 Å². The minimum absolute atomic E-state index is 0.217. The van der Waals surface area contributed by atoms with Crippen molar-refractivity contribution in [2.75, 3.05) is 6.54 Å². The van der Waals surface area contributed by atoms with Crippen molar-refractivity contribution in [3.05, 3.63) is 52.8 Å². The van der Waals surface area contributed by atoms with Gasteiger partial charge < -0.3 is 5.32 Å². The molecule has 0 saturated heterocycles. The first-order valence-corrected chi connectivity index (χ1v) is 7.70. The summed E-state index contributed by atoms with van der Waals surface area (Å²) in [5.41, 5.74) is -0.312. The lowest BCUT2D eigenvalue weighted by Crippen LogP contribution is -2.28. The second-order valence-electron chi connectivity index (χ2n) is 5.84. The zero-order valence-corrected chi connectivity index (χ0v) is 13.8. The molecule has 2 rings (SSSR count). The highest BCUT2D eigenvalue weighted by molar-refractivity contribution is 5.96. The Balaban J connectivity index is 2.18. The van der Waals surface area contributed by atoms with E-state index in [1.165, 1.54) is 11.6 Å². The number of alkyl halides is 3. The maximum atomic E-state index is 13.2. The summed E-state index contributed by atoms with van der Waals surface area (Å²) in [5, 5.41) is 6.16. The van der Waals surface area contributed by atoms with Crippen LogP contribution in [0.5, 0.6) is 0 Å². The Hall–Kier alpha value is -2.31. The third kappa shape index (κ3) is 3.96. The Labute approximate surface area is 138 Å². The molecule has 1 amide bonds. The number of hydrogen-bond acceptors (Lipinski definition) is 2. The molecule has 0 aliphatic heterocycles. The zero-order valence-electron chi connectivity index (χ0n) is 13.8. The van der Waals surface area contributed by atoms with Crippen LogP contribution < -0.4 is 5.32 Å². The van der Waals surface area contributed by atoms with E-state index in [-0.39, 0.29) is 18.3 Å². The fraction of sp³-hybridized carbons (Fsp3) is 0.412. The van der Waals surface area contributed by atoms with Crippen molar-refractivity contribution in [2.45, 2.75) is 39.4 Å². The molecule has 0 saturated carbocycles. The monoisotopic (exact) mass is 339 g/mol. The Bertz CT molecular complexity index is 706. The fourth-order valence-electron chi connectivity index (χ4n) is 2.55. The average molecular weight is 339 g/mol. The Morgan fingerprint density at radius 3 is 2.42 bits per heavy atom. The summed E-state index contributed by atoms with van der Waals surface area (Å²) in [6.45, 7) is 5.18. The summed E-state index contributed by atoms with van der Waals surface area (Å²) in [7, 11) is 0. The molecule has 0 fully saturated rings. The van der Waals surface area contributed by atoms with Crippen LogP contribution in [0.15, 0.2) is 30.3 Å². The van der Waals surface area contributed by atoms with Gasteiger partial charge in [0.1, 0.15) is 0 Å². The van der Waals surface area contributed by atoms with Crippen molar-refractivity contribution in [3.8, 4) is 0 Å². The quantitative estimate of drug-likeness (QED) is 0.901. The zero-order chi connectivity index (χ0) is 17.9. The van der Waals surface area contributed by atoms with Crippen LogP contribution in [0.4, 0.5) is 13.2 Å². The van der Waals surface area contributed by atoms with E-state index in [2.05, 4.69) is 10.4 Å². The molecule has 0 unspecified atom stereocenters. The number of rotatable bonds is 5. The standard InChI is InChI=1S/C17H20F3N3O/c1-11(2)23-12(3)14(15(22-23)17(18,19)20)16(24)21-10-9-13-7-5-4-6-8-13/h4-8,11H,9-10H2,1-3H3,(H,21,24). The summed E-state index contributed by atoms with van der Waals surface area (Å²) < 4.78 is 40.8. The number of hydrogen-bond donors (Lipinski definition) is 1. The summed E-state index contributed by atoms with van der Waals surface area (Å²) >= 11 is 0. The molecule has 0 aliphatic rings. The molecule has 0 spiro atoms. The maximum Gasteiger partial charge on any atom is 0.435 e. The highest BCUT2D eigenvalue weighted by Crippen LogP contribution is 2.33. The van der Waals surface area contributed by atoms with Crippen LogP contribution in [0.25, 0.3) is 0 Å². The number of nitrogens with one attached hydrogen (secondary N) is 1. The highest BCUT2D eigenvalue weighted by atomic mass is 19.4. The summed E-state index contributed by atoms with van der Waals surface area (Å²) in [6.07, 6.45) is -4.12. The van der Waals surface area contributed by atoms with Gasteiger partial charge in [-0.15, -0.1) is 0 Å². The fourth-order valence-corrected chi connectivity index (χ4v) is 2.55. The lowest BCUT2D eigenvalue weighted by Gasteiger charge is -2.09. The lowest BCUT2D eigenvalue weighted by atomic mass is 10.1. The van der Waals surface area contributed by atoms with Crippen LogP contribution in [0, 0.1) is 6.92 Å². The topological polar surface area (TPSA) is 46.9 Å². The van der Waals surface area contributed by atoms with Crippen LogP contribution in [0.3, 0.4) is 0 Å². The number of amides is 1. The van der Waals surface area contributed by atoms with Gasteiger partial charge in [-0.3, -0.25) is 9.48 Å². The second-order valence-corrected chi connectivity index (χ2v) is 5.84. The summed E-state index contributed by atoms with van der Waals surface area (Å²) in [5.74, 6) is -0.748. The van der Waals surface area contributed by atoms with Crippen LogP contribution >= 0.6 is 0 Å². The van der Waals surface area contributed by atoms with E-state index in [0.29, 0.717) is 6.42 Å². The third-order valence-electron chi connectivity index (χ3n) is 3.68. The average Bonchev–Trinajstić information content (AvgIpc) is 2.86. The van der Waals surface area contributed by atoms with Crippen molar-refractivity contribution in [1.82, 2.24) is 15.1 Å². The van der Waals surface area contributed by atoms with Gasteiger partial charge in [0.05, 0.1) is 5.56 Å². The first-order valence-electron chi connectivity index (χ1n) is 7.70. The second kappa shape index (κ2) is 7.07. The normalized spacial score (nSPS) is 11.8. The molecule has 2 aromatic rings. The first-order chi connectivity index (χ1) is 11.2. The van der Waals surface area contributed by atoms with E-state index < -0.39 is 23.3 Å². The Kier molecular flexibility index (Phi) is 5.31. The van der Waals surface area contributed by atoms with Gasteiger partial charge in [-0.25, -0.2) is 0 Å². The van der Waals surface area contributed by atoms with Crippen LogP contribution in [0.2, 0.25) is 0 Å². The number of benzene rings is 1. The van der Waals surface area contributed by atoms with E-state index in [9.17, 15) is 18.0 Å². The van der Waals surface area contributed by atoms with Crippen LogP contribution in [0.1, 0.15) is 47.2 Å². The predicted octanol–water partition coefficient (Wildman–Crippen LogP) is 3.76. The summed E-state index contributed by atoms with van der Waals surface area (Å²) in [6, 6.07) is 9.15. The lowest BCUT2D eigenvalue weighted by molar-refractivity contribution is -0.141. The van der Waals surface area contributed by atoms with Gasteiger partial charge in [0.25, 0.3) is 5.91 Å². The molecule has 1 heterocycles. The smallest absolute Gasteiger partial charge is 0.352 e. The molecule has 24 heavy (non-hydrogen) atoms. The minimum Gasteiger partial charge on any atom is -0.352 e. The van der Waals surface area contributed by atoms with Gasteiger partial charge in [-0.05, 0) is 32.8 Å². The van der Waals surface area contributed by atoms with Gasteiger partial charge in [0.15, 0.2) is 5.69 Å². The molecule has 0 aliphatic carbocycles. The molecule has 1 aromatic heterocycles. The highest BCUT2D eigenvalue weighted by Gasteiger charge is 2.40. The van der Waals surface area contributed by atoms with Gasteiger partial charge in [-0.1, -0.05) is 30.3 Å². The van der Waals surface area contributed by atoms with E-state index in [1.807, 2.05) is 30.3 Å². The third-order valence-corrected chi connectivity index (χ3v) is 3.68. The number of nitrogens with zero attached hydrogens (tertiary/aromatic N) is 2. The molecular formula is C17H20F3N3O. The number of halogens is 3. The van der Waals surface area contributed by atoms with Crippen LogP contribution in [-0.4, -0.2) is 22.2 Å². The summed E-state index contributed by atoms with van der Waals surface area (Å²) in [4.78, 5) is 12.3. The van der Waals surface area contributed by atoms with Gasteiger partial charge in [-0.2, -0.15) is 18.3 Å². The van der Waals surface area contributed by atoms with Gasteiger partial charge >= 0.3 is 6.18 Å².